The van der Waals surface area contributed by atoms with Crippen LogP contribution in [0.25, 0.3) is 0 Å². The van der Waals surface area contributed by atoms with Crippen LogP contribution < -0.4 is 0 Å². The van der Waals surface area contributed by atoms with Crippen molar-refractivity contribution < 1.29 is 5.11 Å². The molecule has 0 saturated heterocycles. The molecule has 1 aliphatic carbocycles. The predicted octanol–water partition coefficient (Wildman–Crippen LogP) is 2.23. The van der Waals surface area contributed by atoms with Gasteiger partial charge >= 0.3 is 0 Å². The minimum absolute atomic E-state index is 0.0442. The van der Waals surface area contributed by atoms with Crippen molar-refractivity contribution in [3.05, 3.63) is 0 Å². The highest BCUT2D eigenvalue weighted by atomic mass is 16.3. The highest BCUT2D eigenvalue weighted by Crippen LogP contribution is 2.27. The lowest BCUT2D eigenvalue weighted by Gasteiger charge is -2.24. The van der Waals surface area contributed by atoms with E-state index in [1.165, 1.54) is 6.42 Å². The van der Waals surface area contributed by atoms with Gasteiger partial charge < -0.3 is 5.11 Å². The summed E-state index contributed by atoms with van der Waals surface area (Å²) < 4.78 is 0. The fourth-order valence-corrected chi connectivity index (χ4v) is 1.90. The third-order valence-electron chi connectivity index (χ3n) is 2.72. The lowest BCUT2D eigenvalue weighted by Crippen LogP contribution is -2.17. The monoisotopic (exact) mass is 167 g/mol. The van der Waals surface area contributed by atoms with Crippen LogP contribution in [0.5, 0.6) is 0 Å². The fraction of sp³-hybridized carbons (Fsp3) is 0.900. The van der Waals surface area contributed by atoms with E-state index in [1.807, 2.05) is 0 Å². The number of unbranched alkanes of at least 4 members (excludes halogenated alkanes) is 1. The van der Waals surface area contributed by atoms with Gasteiger partial charge in [-0.2, -0.15) is 5.26 Å². The average molecular weight is 167 g/mol. The van der Waals surface area contributed by atoms with Crippen molar-refractivity contribution in [1.29, 1.82) is 5.26 Å². The van der Waals surface area contributed by atoms with Crippen molar-refractivity contribution in [3.63, 3.8) is 0 Å². The average Bonchev–Trinajstić information content (AvgIpc) is 2.09. The summed E-state index contributed by atoms with van der Waals surface area (Å²) in [5.74, 6) is 0.779. The molecular weight excluding hydrogens is 150 g/mol. The van der Waals surface area contributed by atoms with E-state index in [2.05, 4.69) is 6.07 Å². The first kappa shape index (κ1) is 9.54. The van der Waals surface area contributed by atoms with Crippen molar-refractivity contribution in [2.24, 2.45) is 5.92 Å². The first-order valence-electron chi connectivity index (χ1n) is 4.88. The van der Waals surface area contributed by atoms with Crippen molar-refractivity contribution in [2.45, 2.75) is 51.0 Å². The third-order valence-corrected chi connectivity index (χ3v) is 2.72. The summed E-state index contributed by atoms with van der Waals surface area (Å²) in [6, 6.07) is 2.17. The van der Waals surface area contributed by atoms with Crippen molar-refractivity contribution in [2.75, 3.05) is 0 Å². The molecular formula is C10H17NO. The molecule has 0 aromatic heterocycles. The molecule has 0 spiro atoms. The van der Waals surface area contributed by atoms with Gasteiger partial charge in [0.1, 0.15) is 0 Å². The quantitative estimate of drug-likeness (QED) is 0.655. The second-order valence-electron chi connectivity index (χ2n) is 3.72. The smallest absolute Gasteiger partial charge is 0.0621 e. The van der Waals surface area contributed by atoms with Gasteiger partial charge in [-0.15, -0.1) is 0 Å². The Morgan fingerprint density at radius 3 is 2.50 bits per heavy atom. The van der Waals surface area contributed by atoms with Crippen LogP contribution >= 0.6 is 0 Å². The Balaban J connectivity index is 2.06. The molecule has 0 radical (unpaired) electrons. The zero-order valence-electron chi connectivity index (χ0n) is 7.50. The van der Waals surface area contributed by atoms with E-state index in [1.54, 1.807) is 0 Å². The Bertz CT molecular complexity index is 154. The van der Waals surface area contributed by atoms with E-state index in [-0.39, 0.29) is 6.10 Å². The van der Waals surface area contributed by atoms with Crippen molar-refractivity contribution >= 4 is 0 Å². The summed E-state index contributed by atoms with van der Waals surface area (Å²) >= 11 is 0. The lowest BCUT2D eigenvalue weighted by molar-refractivity contribution is 0.106. The molecule has 1 aliphatic rings. The molecule has 1 N–H and O–H groups in total. The molecule has 0 amide bonds. The van der Waals surface area contributed by atoms with Crippen molar-refractivity contribution in [3.8, 4) is 6.07 Å². The number of aliphatic hydroxyl groups is 1. The second-order valence-corrected chi connectivity index (χ2v) is 3.72. The van der Waals surface area contributed by atoms with E-state index >= 15 is 0 Å². The van der Waals surface area contributed by atoms with Crippen molar-refractivity contribution in [1.82, 2.24) is 0 Å². The fourth-order valence-electron chi connectivity index (χ4n) is 1.90. The molecule has 0 aromatic rings. The molecule has 1 rings (SSSR count). The molecule has 0 aliphatic heterocycles. The topological polar surface area (TPSA) is 44.0 Å². The Morgan fingerprint density at radius 1 is 1.25 bits per heavy atom. The molecule has 12 heavy (non-hydrogen) atoms. The van der Waals surface area contributed by atoms with Gasteiger partial charge in [-0.25, -0.2) is 0 Å². The highest BCUT2D eigenvalue weighted by Gasteiger charge is 2.18. The maximum Gasteiger partial charge on any atom is 0.0621 e. The molecule has 1 fully saturated rings. The van der Waals surface area contributed by atoms with Gasteiger partial charge in [-0.3, -0.25) is 0 Å². The van der Waals surface area contributed by atoms with Crippen LogP contribution in [0.15, 0.2) is 0 Å². The lowest BCUT2D eigenvalue weighted by atomic mass is 9.84. The Labute approximate surface area is 74.2 Å². The van der Waals surface area contributed by atoms with E-state index in [0.717, 1.165) is 38.0 Å². The van der Waals surface area contributed by atoms with Gasteiger partial charge in [0, 0.05) is 6.42 Å². The maximum absolute atomic E-state index is 9.25. The van der Waals surface area contributed by atoms with Crippen LogP contribution in [0.4, 0.5) is 0 Å². The standard InChI is InChI=1S/C10H17NO/c11-8-2-1-3-9-4-6-10(12)7-5-9/h9-10,12H,1-7H2. The molecule has 0 atom stereocenters. The minimum atomic E-state index is -0.0442. The predicted molar refractivity (Wildman–Crippen MR) is 47.4 cm³/mol. The summed E-state index contributed by atoms with van der Waals surface area (Å²) in [5.41, 5.74) is 0. The van der Waals surface area contributed by atoms with E-state index in [4.69, 9.17) is 5.26 Å². The number of nitrogens with zero attached hydrogens (tertiary/aromatic N) is 1. The largest absolute Gasteiger partial charge is 0.393 e. The number of hydrogen-bond acceptors (Lipinski definition) is 2. The van der Waals surface area contributed by atoms with E-state index in [9.17, 15) is 5.11 Å². The van der Waals surface area contributed by atoms with Crippen LogP contribution in [0.3, 0.4) is 0 Å². The molecule has 1 saturated carbocycles. The van der Waals surface area contributed by atoms with Crippen LogP contribution in [0, 0.1) is 17.2 Å². The molecule has 2 heteroatoms. The van der Waals surface area contributed by atoms with Gasteiger partial charge in [0.2, 0.25) is 0 Å². The zero-order valence-corrected chi connectivity index (χ0v) is 7.50. The summed E-state index contributed by atoms with van der Waals surface area (Å²) in [6.45, 7) is 0. The summed E-state index contributed by atoms with van der Waals surface area (Å²) in [7, 11) is 0. The van der Waals surface area contributed by atoms with Crippen LogP contribution in [-0.4, -0.2) is 11.2 Å². The normalized spacial score (nSPS) is 29.7. The molecule has 2 nitrogen and oxygen atoms in total. The molecule has 0 unspecified atom stereocenters. The number of nitriles is 1. The first-order chi connectivity index (χ1) is 5.83. The highest BCUT2D eigenvalue weighted by molar-refractivity contribution is 4.74. The number of rotatable bonds is 3. The Kier molecular flexibility index (Phi) is 4.10. The summed E-state index contributed by atoms with van der Waals surface area (Å²) in [6.07, 6.45) is 7.13. The van der Waals surface area contributed by atoms with Gasteiger partial charge in [-0.05, 0) is 44.4 Å². The summed E-state index contributed by atoms with van der Waals surface area (Å²) in [5, 5.41) is 17.6. The van der Waals surface area contributed by atoms with Crippen LogP contribution in [0.1, 0.15) is 44.9 Å². The van der Waals surface area contributed by atoms with E-state index < -0.39 is 0 Å². The molecule has 0 heterocycles. The molecule has 0 bridgehead atoms. The van der Waals surface area contributed by atoms with Crippen LogP contribution in [0.2, 0.25) is 0 Å². The van der Waals surface area contributed by atoms with Gasteiger partial charge in [-0.1, -0.05) is 0 Å². The zero-order chi connectivity index (χ0) is 8.81. The third kappa shape index (κ3) is 3.23. The minimum Gasteiger partial charge on any atom is -0.393 e. The summed E-state index contributed by atoms with van der Waals surface area (Å²) in [4.78, 5) is 0. The van der Waals surface area contributed by atoms with E-state index in [0.29, 0.717) is 6.42 Å². The molecule has 0 aromatic carbocycles. The number of aliphatic hydroxyl groups excluding tert-OH is 1. The van der Waals surface area contributed by atoms with Crippen LogP contribution in [-0.2, 0) is 0 Å². The first-order valence-corrected chi connectivity index (χ1v) is 4.88. The van der Waals surface area contributed by atoms with Gasteiger partial charge in [0.15, 0.2) is 0 Å². The van der Waals surface area contributed by atoms with Gasteiger partial charge in [0.05, 0.1) is 12.2 Å². The number of hydrogen-bond donors (Lipinski definition) is 1. The second kappa shape index (κ2) is 5.16. The Morgan fingerprint density at radius 2 is 1.92 bits per heavy atom. The maximum atomic E-state index is 9.25. The van der Waals surface area contributed by atoms with Gasteiger partial charge in [0.25, 0.3) is 0 Å². The molecule has 68 valence electrons. The Hall–Kier alpha value is -0.550. The SMILES string of the molecule is N#CCCCC1CCC(O)CC1.